The fourth-order valence-corrected chi connectivity index (χ4v) is 3.61. The Balaban J connectivity index is 1.33. The van der Waals surface area contributed by atoms with Crippen LogP contribution in [0, 0.1) is 5.82 Å². The van der Waals surface area contributed by atoms with Crippen molar-refractivity contribution in [1.29, 1.82) is 0 Å². The van der Waals surface area contributed by atoms with Crippen molar-refractivity contribution in [2.45, 2.75) is 13.0 Å². The van der Waals surface area contributed by atoms with Gasteiger partial charge in [0.05, 0.1) is 5.69 Å². The first kappa shape index (κ1) is 16.6. The molecule has 134 valence electrons. The molecule has 2 aromatic carbocycles. The number of rotatable bonds is 4. The van der Waals surface area contributed by atoms with Crippen LogP contribution in [-0.2, 0) is 11.3 Å². The molecule has 1 aromatic heterocycles. The van der Waals surface area contributed by atoms with E-state index in [4.69, 9.17) is 0 Å². The van der Waals surface area contributed by atoms with E-state index in [9.17, 15) is 9.18 Å². The highest BCUT2D eigenvalue weighted by Crippen LogP contribution is 2.20. The van der Waals surface area contributed by atoms with Gasteiger partial charge in [0.1, 0.15) is 5.82 Å². The highest BCUT2D eigenvalue weighted by atomic mass is 19.1. The quantitative estimate of drug-likeness (QED) is 0.720. The molecule has 5 heteroatoms. The van der Waals surface area contributed by atoms with Gasteiger partial charge in [-0.1, -0.05) is 30.3 Å². The lowest BCUT2D eigenvalue weighted by molar-refractivity contribution is -0.131. The van der Waals surface area contributed by atoms with E-state index in [1.807, 2.05) is 34.2 Å². The fourth-order valence-electron chi connectivity index (χ4n) is 3.61. The molecule has 1 fully saturated rings. The first-order valence-electron chi connectivity index (χ1n) is 9.03. The molecule has 2 heterocycles. The van der Waals surface area contributed by atoms with Gasteiger partial charge in [0.15, 0.2) is 0 Å². The summed E-state index contributed by atoms with van der Waals surface area (Å²) in [7, 11) is 0. The number of aryl methyl sites for hydroxylation is 1. The third-order valence-electron chi connectivity index (χ3n) is 5.07. The number of carbonyl (C=O) groups is 1. The van der Waals surface area contributed by atoms with Crippen LogP contribution in [0.4, 0.5) is 10.1 Å². The van der Waals surface area contributed by atoms with Gasteiger partial charge in [0.2, 0.25) is 5.91 Å². The molecule has 0 radical (unpaired) electrons. The zero-order chi connectivity index (χ0) is 17.9. The van der Waals surface area contributed by atoms with E-state index < -0.39 is 0 Å². The number of anilines is 1. The molecular formula is C21H22FN3O. The summed E-state index contributed by atoms with van der Waals surface area (Å²) < 4.78 is 16.0. The Bertz CT molecular complexity index is 912. The number of para-hydroxylation sites is 2. The van der Waals surface area contributed by atoms with Gasteiger partial charge in [-0.05, 0) is 29.7 Å². The van der Waals surface area contributed by atoms with Crippen molar-refractivity contribution in [1.82, 2.24) is 9.47 Å². The average Bonchev–Trinajstić information content (AvgIpc) is 3.10. The molecule has 0 atom stereocenters. The van der Waals surface area contributed by atoms with Crippen molar-refractivity contribution >= 4 is 22.5 Å². The van der Waals surface area contributed by atoms with Crippen molar-refractivity contribution in [2.24, 2.45) is 0 Å². The maximum Gasteiger partial charge on any atom is 0.224 e. The number of benzene rings is 2. The van der Waals surface area contributed by atoms with E-state index in [1.54, 1.807) is 12.1 Å². The minimum Gasteiger partial charge on any atom is -0.366 e. The minimum absolute atomic E-state index is 0.163. The Kier molecular flexibility index (Phi) is 4.61. The van der Waals surface area contributed by atoms with Crippen LogP contribution in [0.3, 0.4) is 0 Å². The molecule has 0 aliphatic carbocycles. The van der Waals surface area contributed by atoms with E-state index in [0.29, 0.717) is 44.8 Å². The predicted octanol–water partition coefficient (Wildman–Crippen LogP) is 3.52. The topological polar surface area (TPSA) is 28.5 Å². The van der Waals surface area contributed by atoms with Crippen molar-refractivity contribution in [3.63, 3.8) is 0 Å². The molecule has 26 heavy (non-hydrogen) atoms. The molecule has 0 N–H and O–H groups in total. The molecule has 1 aliphatic rings. The largest absolute Gasteiger partial charge is 0.366 e. The monoisotopic (exact) mass is 351 g/mol. The molecule has 4 nitrogen and oxygen atoms in total. The number of hydrogen-bond acceptors (Lipinski definition) is 2. The molecule has 1 aliphatic heterocycles. The molecule has 0 unspecified atom stereocenters. The SMILES string of the molecule is O=C(CCn1ccc2ccccc21)N1CCN(c2ccccc2F)CC1. The van der Waals surface area contributed by atoms with Crippen LogP contribution in [0.5, 0.6) is 0 Å². The van der Waals surface area contributed by atoms with E-state index in [-0.39, 0.29) is 11.7 Å². The zero-order valence-electron chi connectivity index (χ0n) is 14.6. The van der Waals surface area contributed by atoms with Crippen LogP contribution in [-0.4, -0.2) is 41.6 Å². The maximum absolute atomic E-state index is 13.9. The number of piperazine rings is 1. The molecule has 4 rings (SSSR count). The van der Waals surface area contributed by atoms with Gasteiger partial charge in [0, 0.05) is 50.9 Å². The molecular weight excluding hydrogens is 329 g/mol. The van der Waals surface area contributed by atoms with Crippen LogP contribution in [0.1, 0.15) is 6.42 Å². The highest BCUT2D eigenvalue weighted by Gasteiger charge is 2.22. The summed E-state index contributed by atoms with van der Waals surface area (Å²) in [5, 5.41) is 1.19. The lowest BCUT2D eigenvalue weighted by Gasteiger charge is -2.36. The number of amides is 1. The molecule has 1 amide bonds. The summed E-state index contributed by atoms with van der Waals surface area (Å²) in [4.78, 5) is 16.5. The first-order chi connectivity index (χ1) is 12.7. The highest BCUT2D eigenvalue weighted by molar-refractivity contribution is 5.80. The van der Waals surface area contributed by atoms with E-state index in [1.165, 1.54) is 11.5 Å². The van der Waals surface area contributed by atoms with Gasteiger partial charge in [-0.2, -0.15) is 0 Å². The number of carbonyl (C=O) groups excluding carboxylic acids is 1. The summed E-state index contributed by atoms with van der Waals surface area (Å²) in [6.45, 7) is 3.29. The van der Waals surface area contributed by atoms with Gasteiger partial charge < -0.3 is 14.4 Å². The Morgan fingerprint density at radius 3 is 2.46 bits per heavy atom. The third-order valence-corrected chi connectivity index (χ3v) is 5.07. The van der Waals surface area contributed by atoms with Crippen LogP contribution >= 0.6 is 0 Å². The zero-order valence-corrected chi connectivity index (χ0v) is 14.6. The van der Waals surface area contributed by atoms with Crippen LogP contribution < -0.4 is 4.90 Å². The Hall–Kier alpha value is -2.82. The normalized spacial score (nSPS) is 14.8. The summed E-state index contributed by atoms with van der Waals surface area (Å²) in [5.41, 5.74) is 1.78. The number of fused-ring (bicyclic) bond motifs is 1. The number of nitrogens with zero attached hydrogens (tertiary/aromatic N) is 3. The third kappa shape index (κ3) is 3.29. The molecule has 0 saturated carbocycles. The second-order valence-electron chi connectivity index (χ2n) is 6.64. The van der Waals surface area contributed by atoms with Crippen molar-refractivity contribution < 1.29 is 9.18 Å². The van der Waals surface area contributed by atoms with Crippen LogP contribution in [0.25, 0.3) is 10.9 Å². The van der Waals surface area contributed by atoms with E-state index in [0.717, 1.165) is 5.52 Å². The van der Waals surface area contributed by atoms with Gasteiger partial charge in [-0.25, -0.2) is 4.39 Å². The molecule has 0 spiro atoms. The summed E-state index contributed by atoms with van der Waals surface area (Å²) >= 11 is 0. The van der Waals surface area contributed by atoms with Crippen LogP contribution in [0.15, 0.2) is 60.8 Å². The summed E-state index contributed by atoms with van der Waals surface area (Å²) in [6, 6.07) is 17.1. The Labute approximate surface area is 152 Å². The molecule has 3 aromatic rings. The predicted molar refractivity (Wildman–Crippen MR) is 102 cm³/mol. The Morgan fingerprint density at radius 2 is 1.65 bits per heavy atom. The summed E-state index contributed by atoms with van der Waals surface area (Å²) in [5.74, 6) is -0.0391. The first-order valence-corrected chi connectivity index (χ1v) is 9.03. The molecule has 0 bridgehead atoms. The Morgan fingerprint density at radius 1 is 0.923 bits per heavy atom. The standard InChI is InChI=1S/C21H22FN3O/c22-18-6-2-4-8-20(18)24-13-15-25(16-14-24)21(26)10-12-23-11-9-17-5-1-3-7-19(17)23/h1-9,11H,10,12-16H2. The van der Waals surface area contributed by atoms with Gasteiger partial charge in [0.25, 0.3) is 0 Å². The lowest BCUT2D eigenvalue weighted by Crippen LogP contribution is -2.49. The average molecular weight is 351 g/mol. The number of hydrogen-bond donors (Lipinski definition) is 0. The van der Waals surface area contributed by atoms with Gasteiger partial charge in [-0.3, -0.25) is 4.79 Å². The lowest BCUT2D eigenvalue weighted by atomic mass is 10.2. The van der Waals surface area contributed by atoms with Crippen molar-refractivity contribution in [3.05, 3.63) is 66.6 Å². The number of halogens is 1. The fraction of sp³-hybridized carbons (Fsp3) is 0.286. The van der Waals surface area contributed by atoms with E-state index >= 15 is 0 Å². The maximum atomic E-state index is 13.9. The summed E-state index contributed by atoms with van der Waals surface area (Å²) in [6.07, 6.45) is 2.52. The van der Waals surface area contributed by atoms with Crippen molar-refractivity contribution in [2.75, 3.05) is 31.1 Å². The van der Waals surface area contributed by atoms with E-state index in [2.05, 4.69) is 22.8 Å². The van der Waals surface area contributed by atoms with Gasteiger partial charge in [-0.15, -0.1) is 0 Å². The minimum atomic E-state index is -0.202. The van der Waals surface area contributed by atoms with Crippen molar-refractivity contribution in [3.8, 4) is 0 Å². The molecule has 1 saturated heterocycles. The number of aromatic nitrogens is 1. The van der Waals surface area contributed by atoms with Crippen LogP contribution in [0.2, 0.25) is 0 Å². The van der Waals surface area contributed by atoms with Gasteiger partial charge >= 0.3 is 0 Å². The second kappa shape index (κ2) is 7.20. The second-order valence-corrected chi connectivity index (χ2v) is 6.64. The smallest absolute Gasteiger partial charge is 0.224 e.